The van der Waals surface area contributed by atoms with Crippen LogP contribution in [0.2, 0.25) is 5.02 Å². The summed E-state index contributed by atoms with van der Waals surface area (Å²) >= 11 is 5.94. The number of para-hydroxylation sites is 1. The number of hydrogen-bond donors (Lipinski definition) is 1. The number of hydrogen-bond acceptors (Lipinski definition) is 6. The summed E-state index contributed by atoms with van der Waals surface area (Å²) in [5.74, 6) is -1.48. The molecule has 6 rings (SSSR count). The van der Waals surface area contributed by atoms with Crippen molar-refractivity contribution >= 4 is 34.8 Å². The molecule has 4 aromatic rings. The Morgan fingerprint density at radius 1 is 0.976 bits per heavy atom. The predicted molar refractivity (Wildman–Crippen MR) is 158 cm³/mol. The number of nitrogens with zero attached hydrogens (tertiary/aromatic N) is 5. The normalized spacial score (nSPS) is 17.2. The van der Waals surface area contributed by atoms with Gasteiger partial charge in [0.1, 0.15) is 11.7 Å². The molecule has 0 spiro atoms. The lowest BCUT2D eigenvalue weighted by molar-refractivity contribution is -0.121. The van der Waals surface area contributed by atoms with Crippen molar-refractivity contribution in [2.24, 2.45) is 0 Å². The quantitative estimate of drug-likeness (QED) is 0.339. The molecular weight excluding hydrogens is 559 g/mol. The average Bonchev–Trinajstić information content (AvgIpc) is 3.52. The molecule has 1 atom stereocenters. The number of benzene rings is 3. The molecule has 3 heterocycles. The van der Waals surface area contributed by atoms with E-state index in [0.29, 0.717) is 18.7 Å². The van der Waals surface area contributed by atoms with Crippen LogP contribution in [0.15, 0.2) is 72.9 Å². The largest absolute Gasteiger partial charge is 0.381 e. The highest BCUT2D eigenvalue weighted by molar-refractivity contribution is 6.30. The van der Waals surface area contributed by atoms with E-state index in [2.05, 4.69) is 26.6 Å². The molecule has 2 aliphatic rings. The van der Waals surface area contributed by atoms with Crippen molar-refractivity contribution in [1.82, 2.24) is 19.9 Å². The minimum absolute atomic E-state index is 0.00636. The summed E-state index contributed by atoms with van der Waals surface area (Å²) in [6, 6.07) is 18.7. The van der Waals surface area contributed by atoms with Gasteiger partial charge >= 0.3 is 0 Å². The van der Waals surface area contributed by atoms with E-state index >= 15 is 0 Å². The van der Waals surface area contributed by atoms with Gasteiger partial charge in [0.25, 0.3) is 11.8 Å². The minimum Gasteiger partial charge on any atom is -0.381 e. The third-order valence-electron chi connectivity index (χ3n) is 7.95. The molecule has 1 N–H and O–H groups in total. The van der Waals surface area contributed by atoms with Crippen LogP contribution in [0.4, 0.5) is 15.8 Å². The highest BCUT2D eigenvalue weighted by atomic mass is 35.5. The van der Waals surface area contributed by atoms with Crippen molar-refractivity contribution in [3.8, 4) is 5.69 Å². The average molecular weight is 589 g/mol. The Bertz CT molecular complexity index is 1610. The van der Waals surface area contributed by atoms with Gasteiger partial charge in [0.05, 0.1) is 17.3 Å². The van der Waals surface area contributed by atoms with Gasteiger partial charge in [0, 0.05) is 38.1 Å². The lowest BCUT2D eigenvalue weighted by Crippen LogP contribution is -2.46. The van der Waals surface area contributed by atoms with E-state index in [0.717, 1.165) is 42.7 Å². The molecular formula is C31H30ClFN6O3. The Morgan fingerprint density at radius 3 is 2.48 bits per heavy atom. The van der Waals surface area contributed by atoms with E-state index in [1.165, 1.54) is 27.9 Å². The number of piperidine rings is 1. The van der Waals surface area contributed by atoms with Crippen molar-refractivity contribution < 1.29 is 18.7 Å². The molecule has 0 saturated carbocycles. The first-order chi connectivity index (χ1) is 20.4. The van der Waals surface area contributed by atoms with Gasteiger partial charge in [-0.25, -0.2) is 9.07 Å². The fourth-order valence-corrected chi connectivity index (χ4v) is 5.98. The number of nitrogens with one attached hydrogen (secondary N) is 1. The molecule has 1 saturated heterocycles. The first-order valence-electron chi connectivity index (χ1n) is 13.9. The number of amides is 2. The molecule has 1 unspecified atom stereocenters. The zero-order valence-corrected chi connectivity index (χ0v) is 23.8. The number of methoxy groups -OCH3 is 1. The number of carbonyl (C=O) groups is 2. The van der Waals surface area contributed by atoms with Crippen LogP contribution < -0.4 is 10.2 Å². The summed E-state index contributed by atoms with van der Waals surface area (Å²) in [4.78, 5) is 31.7. The molecule has 0 aliphatic carbocycles. The third kappa shape index (κ3) is 5.35. The highest BCUT2D eigenvalue weighted by Crippen LogP contribution is 2.38. The van der Waals surface area contributed by atoms with E-state index in [4.69, 9.17) is 16.3 Å². The van der Waals surface area contributed by atoms with Crippen LogP contribution in [0.25, 0.3) is 5.69 Å². The van der Waals surface area contributed by atoms with Crippen LogP contribution in [0.3, 0.4) is 0 Å². The van der Waals surface area contributed by atoms with Crippen molar-refractivity contribution in [1.29, 1.82) is 0 Å². The Hall–Kier alpha value is -4.28. The van der Waals surface area contributed by atoms with Gasteiger partial charge < -0.3 is 19.9 Å². The van der Waals surface area contributed by atoms with Crippen LogP contribution in [-0.4, -0.2) is 64.6 Å². The zero-order chi connectivity index (χ0) is 29.2. The van der Waals surface area contributed by atoms with Crippen molar-refractivity contribution in [3.05, 3.63) is 101 Å². The molecule has 0 bridgehead atoms. The predicted octanol–water partition coefficient (Wildman–Crippen LogP) is 5.05. The van der Waals surface area contributed by atoms with E-state index in [-0.39, 0.29) is 28.4 Å². The van der Waals surface area contributed by atoms with Crippen LogP contribution in [0.1, 0.15) is 40.5 Å². The summed E-state index contributed by atoms with van der Waals surface area (Å²) in [5.41, 5.74) is 3.58. The fraction of sp³-hybridized carbons (Fsp3) is 0.290. The van der Waals surface area contributed by atoms with Gasteiger partial charge in [-0.1, -0.05) is 53.2 Å². The third-order valence-corrected chi connectivity index (χ3v) is 8.25. The number of halogens is 2. The Kier molecular flexibility index (Phi) is 7.90. The maximum absolute atomic E-state index is 14.6. The van der Waals surface area contributed by atoms with Crippen molar-refractivity contribution in [3.63, 3.8) is 0 Å². The molecule has 11 heteroatoms. The molecule has 2 amide bonds. The van der Waals surface area contributed by atoms with Gasteiger partial charge in [-0.05, 0) is 60.7 Å². The SMILES string of the molecule is COC1CCN(c2cccc3c2CCN(C(=O)c2cn(-c4cccc(Cl)c4F)nn2)C3C(=O)Nc2ccccc2)CC1. The Balaban J connectivity index is 1.34. The summed E-state index contributed by atoms with van der Waals surface area (Å²) in [7, 11) is 1.75. The molecule has 216 valence electrons. The standard InChI is InChI=1S/C31H30ClFN6O3/c1-42-21-13-16-37(17-14-21)26-11-5-9-23-22(26)15-18-38(29(23)30(40)34-20-7-3-2-4-8-20)31(41)25-19-39(36-35-25)27-12-6-10-24(32)28(27)33/h2-12,19,21,29H,13-18H2,1H3,(H,34,40). The second-order valence-electron chi connectivity index (χ2n) is 10.4. The summed E-state index contributed by atoms with van der Waals surface area (Å²) in [6.45, 7) is 1.99. The second-order valence-corrected chi connectivity index (χ2v) is 10.8. The number of ether oxygens (including phenoxy) is 1. The Morgan fingerprint density at radius 2 is 1.71 bits per heavy atom. The minimum atomic E-state index is -0.911. The number of fused-ring (bicyclic) bond motifs is 1. The van der Waals surface area contributed by atoms with Gasteiger partial charge in [-0.2, -0.15) is 0 Å². The van der Waals surface area contributed by atoms with E-state index in [9.17, 15) is 14.0 Å². The second kappa shape index (κ2) is 11.9. The van der Waals surface area contributed by atoms with Crippen molar-refractivity contribution in [2.75, 3.05) is 37.0 Å². The smallest absolute Gasteiger partial charge is 0.277 e. The van der Waals surface area contributed by atoms with Gasteiger partial charge in [0.15, 0.2) is 11.5 Å². The molecule has 1 aromatic heterocycles. The molecule has 42 heavy (non-hydrogen) atoms. The van der Waals surface area contributed by atoms with Crippen LogP contribution in [0.5, 0.6) is 0 Å². The van der Waals surface area contributed by atoms with Crippen LogP contribution in [-0.2, 0) is 16.0 Å². The van der Waals surface area contributed by atoms with Gasteiger partial charge in [-0.15, -0.1) is 5.10 Å². The lowest BCUT2D eigenvalue weighted by Gasteiger charge is -2.40. The van der Waals surface area contributed by atoms with Crippen LogP contribution >= 0.6 is 11.6 Å². The van der Waals surface area contributed by atoms with Crippen molar-refractivity contribution in [2.45, 2.75) is 31.4 Å². The van der Waals surface area contributed by atoms with Gasteiger partial charge in [-0.3, -0.25) is 9.59 Å². The summed E-state index contributed by atoms with van der Waals surface area (Å²) in [6.07, 6.45) is 4.01. The fourth-order valence-electron chi connectivity index (χ4n) is 5.81. The summed E-state index contributed by atoms with van der Waals surface area (Å²) in [5, 5.41) is 10.9. The lowest BCUT2D eigenvalue weighted by atomic mass is 9.89. The molecule has 0 radical (unpaired) electrons. The van der Waals surface area contributed by atoms with E-state index < -0.39 is 17.8 Å². The highest BCUT2D eigenvalue weighted by Gasteiger charge is 2.39. The zero-order valence-electron chi connectivity index (χ0n) is 23.0. The number of rotatable bonds is 6. The maximum atomic E-state index is 14.6. The van der Waals surface area contributed by atoms with E-state index in [1.54, 1.807) is 25.3 Å². The molecule has 9 nitrogen and oxygen atoms in total. The van der Waals surface area contributed by atoms with E-state index in [1.807, 2.05) is 30.3 Å². The first kappa shape index (κ1) is 27.9. The maximum Gasteiger partial charge on any atom is 0.277 e. The number of carbonyl (C=O) groups excluding carboxylic acids is 2. The monoisotopic (exact) mass is 588 g/mol. The number of anilines is 2. The Labute approximate surface area is 247 Å². The topological polar surface area (TPSA) is 92.6 Å². The number of aromatic nitrogens is 3. The molecule has 2 aliphatic heterocycles. The summed E-state index contributed by atoms with van der Waals surface area (Å²) < 4.78 is 21.4. The molecule has 3 aromatic carbocycles. The first-order valence-corrected chi connectivity index (χ1v) is 14.3. The molecule has 1 fully saturated rings. The van der Waals surface area contributed by atoms with Gasteiger partial charge in [0.2, 0.25) is 0 Å². The van der Waals surface area contributed by atoms with Crippen LogP contribution in [0, 0.1) is 5.82 Å².